The quantitative estimate of drug-likeness (QED) is 0.413. The molecule has 1 nitrogen and oxygen atoms in total. The first-order valence-electron chi connectivity index (χ1n) is 4.97. The molecule has 0 aliphatic rings. The van der Waals surface area contributed by atoms with Gasteiger partial charge in [-0.15, -0.1) is 0 Å². The maximum absolute atomic E-state index is 5.82. The first kappa shape index (κ1) is 13.4. The number of hydrogen-bond donors (Lipinski definition) is 0. The Morgan fingerprint density at radius 3 is 2.59 bits per heavy atom. The second-order valence-electron chi connectivity index (χ2n) is 3.46. The minimum absolute atomic E-state index is 0.830. The predicted molar refractivity (Wildman–Crippen MR) is 86.0 cm³/mol. The third-order valence-corrected chi connectivity index (χ3v) is 4.11. The summed E-state index contributed by atoms with van der Waals surface area (Å²) < 4.78 is 7.95. The second kappa shape index (κ2) is 6.20. The molecule has 0 saturated heterocycles. The summed E-state index contributed by atoms with van der Waals surface area (Å²) >= 11 is 9.22. The molecule has 2 aromatic carbocycles. The van der Waals surface area contributed by atoms with Crippen molar-refractivity contribution in [3.8, 4) is 11.5 Å². The molecule has 17 heavy (non-hydrogen) atoms. The highest BCUT2D eigenvalue weighted by Gasteiger charge is 2.04. The molecule has 0 aromatic heterocycles. The lowest BCUT2D eigenvalue weighted by atomic mass is 10.2. The van der Waals surface area contributed by atoms with Crippen LogP contribution in [0.4, 0.5) is 0 Å². The van der Waals surface area contributed by atoms with E-state index in [-0.39, 0.29) is 0 Å². The highest BCUT2D eigenvalue weighted by molar-refractivity contribution is 14.1. The van der Waals surface area contributed by atoms with Crippen LogP contribution in [0, 0.1) is 3.57 Å². The highest BCUT2D eigenvalue weighted by Crippen LogP contribution is 2.31. The first-order valence-corrected chi connectivity index (χ1v) is 7.96. The van der Waals surface area contributed by atoms with E-state index in [2.05, 4.69) is 60.5 Å². The van der Waals surface area contributed by atoms with E-state index in [0.29, 0.717) is 0 Å². The maximum atomic E-state index is 5.82. The molecule has 0 spiro atoms. The Morgan fingerprint density at radius 2 is 1.94 bits per heavy atom. The molecule has 0 N–H and O–H groups in total. The third-order valence-electron chi connectivity index (χ3n) is 2.17. The molecular weight excluding hydrogens is 459 g/mol. The summed E-state index contributed by atoms with van der Waals surface area (Å²) in [6.45, 7) is 0. The molecular formula is C13H9Br2IO. The van der Waals surface area contributed by atoms with Crippen molar-refractivity contribution in [2.45, 2.75) is 5.33 Å². The number of benzene rings is 2. The lowest BCUT2D eigenvalue weighted by Gasteiger charge is -2.09. The van der Waals surface area contributed by atoms with Crippen LogP contribution in [0.3, 0.4) is 0 Å². The van der Waals surface area contributed by atoms with Gasteiger partial charge < -0.3 is 4.74 Å². The van der Waals surface area contributed by atoms with Gasteiger partial charge in [-0.05, 0) is 74.4 Å². The molecule has 0 unspecified atom stereocenters. The number of halogens is 3. The van der Waals surface area contributed by atoms with Crippen LogP contribution in [0.5, 0.6) is 11.5 Å². The van der Waals surface area contributed by atoms with E-state index in [0.717, 1.165) is 24.9 Å². The molecule has 0 fully saturated rings. The van der Waals surface area contributed by atoms with Gasteiger partial charge in [0, 0.05) is 8.90 Å². The fourth-order valence-electron chi connectivity index (χ4n) is 1.37. The van der Waals surface area contributed by atoms with Crippen molar-refractivity contribution in [2.24, 2.45) is 0 Å². The van der Waals surface area contributed by atoms with Crippen LogP contribution >= 0.6 is 54.5 Å². The molecule has 0 aliphatic heterocycles. The normalized spacial score (nSPS) is 10.3. The average Bonchev–Trinajstić information content (AvgIpc) is 2.32. The Balaban J connectivity index is 2.24. The molecule has 0 heterocycles. The van der Waals surface area contributed by atoms with Crippen molar-refractivity contribution >= 4 is 54.5 Å². The first-order chi connectivity index (χ1) is 8.19. The zero-order chi connectivity index (χ0) is 12.3. The van der Waals surface area contributed by atoms with Gasteiger partial charge in [-0.2, -0.15) is 0 Å². The van der Waals surface area contributed by atoms with Crippen molar-refractivity contribution in [3.05, 3.63) is 56.1 Å². The lowest BCUT2D eigenvalue weighted by Crippen LogP contribution is -1.87. The molecule has 88 valence electrons. The van der Waals surface area contributed by atoms with E-state index in [1.54, 1.807) is 0 Å². The summed E-state index contributed by atoms with van der Waals surface area (Å²) in [7, 11) is 0. The van der Waals surface area contributed by atoms with Crippen molar-refractivity contribution in [2.75, 3.05) is 0 Å². The minimum Gasteiger partial charge on any atom is -0.456 e. The Kier molecular flexibility index (Phi) is 4.87. The van der Waals surface area contributed by atoms with Crippen LogP contribution < -0.4 is 4.74 Å². The van der Waals surface area contributed by atoms with Crippen LogP contribution in [0.15, 0.2) is 46.9 Å². The van der Waals surface area contributed by atoms with Gasteiger partial charge in [0.1, 0.15) is 11.5 Å². The van der Waals surface area contributed by atoms with Gasteiger partial charge in [0.2, 0.25) is 0 Å². The smallest absolute Gasteiger partial charge is 0.141 e. The Bertz CT molecular complexity index is 529. The largest absolute Gasteiger partial charge is 0.456 e. The standard InChI is InChI=1S/C13H9Br2IO/c14-8-9-4-5-13(12(15)6-9)17-11-3-1-2-10(16)7-11/h1-7H,8H2. The van der Waals surface area contributed by atoms with Crippen LogP contribution in [0.2, 0.25) is 0 Å². The van der Waals surface area contributed by atoms with Gasteiger partial charge in [0.15, 0.2) is 0 Å². The molecule has 0 amide bonds. The van der Waals surface area contributed by atoms with Gasteiger partial charge in [0.05, 0.1) is 4.47 Å². The zero-order valence-electron chi connectivity index (χ0n) is 8.79. The molecule has 2 aromatic rings. The van der Waals surface area contributed by atoms with Crippen LogP contribution in [-0.4, -0.2) is 0 Å². The van der Waals surface area contributed by atoms with Crippen LogP contribution in [0.1, 0.15) is 5.56 Å². The van der Waals surface area contributed by atoms with E-state index in [1.807, 2.05) is 36.4 Å². The average molecular weight is 468 g/mol. The summed E-state index contributed by atoms with van der Waals surface area (Å²) in [4.78, 5) is 0. The van der Waals surface area contributed by atoms with Crippen molar-refractivity contribution in [1.29, 1.82) is 0 Å². The predicted octanol–water partition coefficient (Wildman–Crippen LogP) is 5.74. The van der Waals surface area contributed by atoms with Crippen LogP contribution in [-0.2, 0) is 5.33 Å². The summed E-state index contributed by atoms with van der Waals surface area (Å²) in [5, 5.41) is 0.842. The topological polar surface area (TPSA) is 9.23 Å². The van der Waals surface area contributed by atoms with Gasteiger partial charge in [-0.3, -0.25) is 0 Å². The van der Waals surface area contributed by atoms with Gasteiger partial charge in [-0.25, -0.2) is 0 Å². The number of alkyl halides is 1. The fourth-order valence-corrected chi connectivity index (χ4v) is 2.74. The molecule has 4 heteroatoms. The Morgan fingerprint density at radius 1 is 1.12 bits per heavy atom. The van der Waals surface area contributed by atoms with Crippen LogP contribution in [0.25, 0.3) is 0 Å². The third kappa shape index (κ3) is 3.69. The number of ether oxygens (including phenoxy) is 1. The molecule has 0 atom stereocenters. The van der Waals surface area contributed by atoms with Gasteiger partial charge in [0.25, 0.3) is 0 Å². The maximum Gasteiger partial charge on any atom is 0.141 e. The monoisotopic (exact) mass is 466 g/mol. The molecule has 0 bridgehead atoms. The number of hydrogen-bond acceptors (Lipinski definition) is 1. The van der Waals surface area contributed by atoms with E-state index in [9.17, 15) is 0 Å². The van der Waals surface area contributed by atoms with Gasteiger partial charge >= 0.3 is 0 Å². The summed E-state index contributed by atoms with van der Waals surface area (Å²) in [5.41, 5.74) is 1.21. The second-order valence-corrected chi connectivity index (χ2v) is 6.12. The minimum atomic E-state index is 0.830. The van der Waals surface area contributed by atoms with E-state index in [4.69, 9.17) is 4.74 Å². The van der Waals surface area contributed by atoms with E-state index < -0.39 is 0 Å². The Hall–Kier alpha value is -0.0700. The molecule has 0 radical (unpaired) electrons. The molecule has 2 rings (SSSR count). The van der Waals surface area contributed by atoms with Crippen molar-refractivity contribution in [1.82, 2.24) is 0 Å². The SMILES string of the molecule is BrCc1ccc(Oc2cccc(I)c2)c(Br)c1. The Labute approximate surface area is 131 Å². The molecule has 0 aliphatic carbocycles. The van der Waals surface area contributed by atoms with Crippen molar-refractivity contribution < 1.29 is 4.74 Å². The molecule has 0 saturated carbocycles. The van der Waals surface area contributed by atoms with Crippen molar-refractivity contribution in [3.63, 3.8) is 0 Å². The number of rotatable bonds is 3. The summed E-state index contributed by atoms with van der Waals surface area (Å²) in [5.74, 6) is 1.68. The van der Waals surface area contributed by atoms with E-state index in [1.165, 1.54) is 5.56 Å². The zero-order valence-corrected chi connectivity index (χ0v) is 14.1. The highest BCUT2D eigenvalue weighted by atomic mass is 127. The van der Waals surface area contributed by atoms with E-state index >= 15 is 0 Å². The van der Waals surface area contributed by atoms with Gasteiger partial charge in [-0.1, -0.05) is 28.1 Å². The lowest BCUT2D eigenvalue weighted by molar-refractivity contribution is 0.479. The summed E-state index contributed by atoms with van der Waals surface area (Å²) in [6.07, 6.45) is 0. The summed E-state index contributed by atoms with van der Waals surface area (Å²) in [6, 6.07) is 14.0. The fraction of sp³-hybridized carbons (Fsp3) is 0.0769.